The molecule has 0 aliphatic heterocycles. The summed E-state index contributed by atoms with van der Waals surface area (Å²) < 4.78 is 5.47. The second-order valence-electron chi connectivity index (χ2n) is 4.18. The molecule has 4 nitrogen and oxygen atoms in total. The van der Waals surface area contributed by atoms with Crippen molar-refractivity contribution in [3.63, 3.8) is 0 Å². The fourth-order valence-corrected chi connectivity index (χ4v) is 1.73. The van der Waals surface area contributed by atoms with Crippen molar-refractivity contribution in [3.05, 3.63) is 59.1 Å². The summed E-state index contributed by atoms with van der Waals surface area (Å²) in [5.74, 6) is 0.572. The normalized spacial score (nSPS) is 10.1. The van der Waals surface area contributed by atoms with E-state index in [0.717, 1.165) is 5.75 Å². The van der Waals surface area contributed by atoms with Crippen LogP contribution in [0.25, 0.3) is 0 Å². The maximum Gasteiger partial charge on any atom is 0.251 e. The van der Waals surface area contributed by atoms with Crippen molar-refractivity contribution >= 4 is 23.2 Å². The van der Waals surface area contributed by atoms with Gasteiger partial charge in [0, 0.05) is 16.3 Å². The van der Waals surface area contributed by atoms with Crippen molar-refractivity contribution in [3.8, 4) is 5.75 Å². The number of rotatable bonds is 5. The molecule has 2 aromatic rings. The number of nitrogens with one attached hydrogen (secondary N) is 1. The Balaban J connectivity index is 1.74. The molecular weight excluding hydrogens is 276 g/mol. The molecule has 0 atom stereocenters. The van der Waals surface area contributed by atoms with Crippen LogP contribution in [0.4, 0.5) is 5.69 Å². The zero-order valence-corrected chi connectivity index (χ0v) is 11.6. The molecule has 0 unspecified atom stereocenters. The van der Waals surface area contributed by atoms with E-state index in [-0.39, 0.29) is 5.91 Å². The molecule has 0 aliphatic carbocycles. The Bertz CT molecular complexity index is 567. The predicted molar refractivity (Wildman–Crippen MR) is 80.1 cm³/mol. The molecule has 1 amide bonds. The standard InChI is InChI=1S/C15H15ClN2O2/c16-12-3-1-11(2-4-12)15(19)18-9-10-20-14-7-5-13(17)6-8-14/h1-8H,9-10,17H2,(H,18,19). The Morgan fingerprint density at radius 1 is 1.10 bits per heavy atom. The van der Waals surface area contributed by atoms with E-state index in [1.807, 2.05) is 0 Å². The van der Waals surface area contributed by atoms with Gasteiger partial charge in [0.2, 0.25) is 0 Å². The molecule has 2 rings (SSSR count). The third-order valence-electron chi connectivity index (χ3n) is 2.64. The van der Waals surface area contributed by atoms with Crippen LogP contribution >= 0.6 is 11.6 Å². The van der Waals surface area contributed by atoms with Crippen LogP contribution in [0.5, 0.6) is 5.75 Å². The zero-order chi connectivity index (χ0) is 14.4. The smallest absolute Gasteiger partial charge is 0.251 e. The lowest BCUT2D eigenvalue weighted by atomic mass is 10.2. The number of amides is 1. The minimum absolute atomic E-state index is 0.150. The highest BCUT2D eigenvalue weighted by molar-refractivity contribution is 6.30. The summed E-state index contributed by atoms with van der Waals surface area (Å²) in [7, 11) is 0. The van der Waals surface area contributed by atoms with Crippen LogP contribution in [-0.2, 0) is 0 Å². The SMILES string of the molecule is Nc1ccc(OCCNC(=O)c2ccc(Cl)cc2)cc1. The van der Waals surface area contributed by atoms with Gasteiger partial charge in [0.05, 0.1) is 6.54 Å². The molecule has 3 N–H and O–H groups in total. The van der Waals surface area contributed by atoms with Crippen LogP contribution in [0.2, 0.25) is 5.02 Å². The lowest BCUT2D eigenvalue weighted by Gasteiger charge is -2.08. The van der Waals surface area contributed by atoms with E-state index in [1.54, 1.807) is 48.5 Å². The zero-order valence-electron chi connectivity index (χ0n) is 10.8. The number of hydrogen-bond acceptors (Lipinski definition) is 3. The van der Waals surface area contributed by atoms with E-state index in [0.29, 0.717) is 29.4 Å². The lowest BCUT2D eigenvalue weighted by molar-refractivity contribution is 0.0947. The number of nitrogens with two attached hydrogens (primary N) is 1. The largest absolute Gasteiger partial charge is 0.492 e. The van der Waals surface area contributed by atoms with Gasteiger partial charge in [-0.05, 0) is 48.5 Å². The number of ether oxygens (including phenoxy) is 1. The second kappa shape index (κ2) is 6.82. The molecular formula is C15H15ClN2O2. The Labute approximate surface area is 122 Å². The lowest BCUT2D eigenvalue weighted by Crippen LogP contribution is -2.28. The fourth-order valence-electron chi connectivity index (χ4n) is 1.60. The van der Waals surface area contributed by atoms with Crippen LogP contribution in [0.15, 0.2) is 48.5 Å². The first-order chi connectivity index (χ1) is 9.65. The summed E-state index contributed by atoms with van der Waals surface area (Å²) >= 11 is 5.76. The summed E-state index contributed by atoms with van der Waals surface area (Å²) in [6.07, 6.45) is 0. The molecule has 0 heterocycles. The second-order valence-corrected chi connectivity index (χ2v) is 4.62. The van der Waals surface area contributed by atoms with Gasteiger partial charge in [-0.25, -0.2) is 0 Å². The van der Waals surface area contributed by atoms with Gasteiger partial charge in [-0.15, -0.1) is 0 Å². The van der Waals surface area contributed by atoms with E-state index in [9.17, 15) is 4.79 Å². The quantitative estimate of drug-likeness (QED) is 0.657. The predicted octanol–water partition coefficient (Wildman–Crippen LogP) is 2.73. The fraction of sp³-hybridized carbons (Fsp3) is 0.133. The molecule has 5 heteroatoms. The van der Waals surface area contributed by atoms with Crippen molar-refractivity contribution in [1.29, 1.82) is 0 Å². The molecule has 0 saturated carbocycles. The van der Waals surface area contributed by atoms with E-state index in [1.165, 1.54) is 0 Å². The Morgan fingerprint density at radius 3 is 2.40 bits per heavy atom. The monoisotopic (exact) mass is 290 g/mol. The molecule has 0 aliphatic rings. The molecule has 104 valence electrons. The molecule has 0 spiro atoms. The number of halogens is 1. The highest BCUT2D eigenvalue weighted by Gasteiger charge is 2.04. The Kier molecular flexibility index (Phi) is 4.85. The van der Waals surface area contributed by atoms with Gasteiger partial charge in [0.25, 0.3) is 5.91 Å². The van der Waals surface area contributed by atoms with Gasteiger partial charge in [0.1, 0.15) is 12.4 Å². The van der Waals surface area contributed by atoms with Crippen LogP contribution in [0, 0.1) is 0 Å². The van der Waals surface area contributed by atoms with Crippen molar-refractivity contribution in [2.24, 2.45) is 0 Å². The summed E-state index contributed by atoms with van der Waals surface area (Å²) in [5, 5.41) is 3.37. The van der Waals surface area contributed by atoms with Gasteiger partial charge in [-0.1, -0.05) is 11.6 Å². The van der Waals surface area contributed by atoms with Crippen molar-refractivity contribution in [2.45, 2.75) is 0 Å². The number of carbonyl (C=O) groups is 1. The van der Waals surface area contributed by atoms with Crippen LogP contribution in [-0.4, -0.2) is 19.1 Å². The molecule has 0 aromatic heterocycles. The summed E-state index contributed by atoms with van der Waals surface area (Å²) in [5.41, 5.74) is 6.83. The minimum Gasteiger partial charge on any atom is -0.492 e. The minimum atomic E-state index is -0.150. The maximum atomic E-state index is 11.8. The highest BCUT2D eigenvalue weighted by Crippen LogP contribution is 2.12. The number of nitrogen functional groups attached to an aromatic ring is 1. The van der Waals surface area contributed by atoms with E-state index >= 15 is 0 Å². The molecule has 20 heavy (non-hydrogen) atoms. The number of benzene rings is 2. The first kappa shape index (κ1) is 14.2. The van der Waals surface area contributed by atoms with E-state index in [2.05, 4.69) is 5.32 Å². The highest BCUT2D eigenvalue weighted by atomic mass is 35.5. The van der Waals surface area contributed by atoms with Crippen LogP contribution in [0.1, 0.15) is 10.4 Å². The van der Waals surface area contributed by atoms with Crippen molar-refractivity contribution < 1.29 is 9.53 Å². The molecule has 0 bridgehead atoms. The third kappa shape index (κ3) is 4.17. The average molecular weight is 291 g/mol. The summed E-state index contributed by atoms with van der Waals surface area (Å²) in [6, 6.07) is 13.8. The maximum absolute atomic E-state index is 11.8. The van der Waals surface area contributed by atoms with Gasteiger partial charge >= 0.3 is 0 Å². The number of carbonyl (C=O) groups excluding carboxylic acids is 1. The number of hydrogen-bond donors (Lipinski definition) is 2. The molecule has 0 radical (unpaired) electrons. The van der Waals surface area contributed by atoms with Gasteiger partial charge in [-0.2, -0.15) is 0 Å². The third-order valence-corrected chi connectivity index (χ3v) is 2.89. The molecule has 0 saturated heterocycles. The topological polar surface area (TPSA) is 64.3 Å². The average Bonchev–Trinajstić information content (AvgIpc) is 2.46. The van der Waals surface area contributed by atoms with E-state index < -0.39 is 0 Å². The van der Waals surface area contributed by atoms with Crippen LogP contribution < -0.4 is 15.8 Å². The Morgan fingerprint density at radius 2 is 1.75 bits per heavy atom. The number of anilines is 1. The van der Waals surface area contributed by atoms with Gasteiger partial charge in [0.15, 0.2) is 0 Å². The van der Waals surface area contributed by atoms with Gasteiger partial charge < -0.3 is 15.8 Å². The molecule has 2 aromatic carbocycles. The molecule has 0 fully saturated rings. The summed E-state index contributed by atoms with van der Waals surface area (Å²) in [6.45, 7) is 0.815. The first-order valence-corrected chi connectivity index (χ1v) is 6.55. The van der Waals surface area contributed by atoms with Crippen molar-refractivity contribution in [1.82, 2.24) is 5.32 Å². The van der Waals surface area contributed by atoms with Crippen molar-refractivity contribution in [2.75, 3.05) is 18.9 Å². The first-order valence-electron chi connectivity index (χ1n) is 6.17. The van der Waals surface area contributed by atoms with Gasteiger partial charge in [-0.3, -0.25) is 4.79 Å². The Hall–Kier alpha value is -2.20. The summed E-state index contributed by atoms with van der Waals surface area (Å²) in [4.78, 5) is 11.8. The van der Waals surface area contributed by atoms with E-state index in [4.69, 9.17) is 22.1 Å². The van der Waals surface area contributed by atoms with Crippen LogP contribution in [0.3, 0.4) is 0 Å².